The summed E-state index contributed by atoms with van der Waals surface area (Å²) in [4.78, 5) is 12.2. The Hall–Kier alpha value is -2.46. The van der Waals surface area contributed by atoms with Crippen molar-refractivity contribution in [1.29, 1.82) is 0 Å². The van der Waals surface area contributed by atoms with Gasteiger partial charge in [-0.15, -0.1) is 0 Å². The fourth-order valence-electron chi connectivity index (χ4n) is 3.54. The molecule has 2 aromatic rings. The van der Waals surface area contributed by atoms with Crippen molar-refractivity contribution in [2.45, 2.75) is 27.2 Å². The molecule has 0 saturated heterocycles. The zero-order valence-electron chi connectivity index (χ0n) is 15.4. The Morgan fingerprint density at radius 1 is 1.00 bits per heavy atom. The van der Waals surface area contributed by atoms with E-state index in [1.165, 1.54) is 0 Å². The Labute approximate surface area is 156 Å². The molecule has 0 spiro atoms. The zero-order chi connectivity index (χ0) is 19.0. The van der Waals surface area contributed by atoms with Gasteiger partial charge in [0.2, 0.25) is 0 Å². The summed E-state index contributed by atoms with van der Waals surface area (Å²) < 4.78 is 12.7. The molecule has 0 radical (unpaired) electrons. The van der Waals surface area contributed by atoms with Gasteiger partial charge in [0.15, 0.2) is 0 Å². The topological polar surface area (TPSA) is 54.4 Å². The maximum Gasteiger partial charge on any atom is 0.307 e. The van der Waals surface area contributed by atoms with Crippen molar-refractivity contribution >= 4 is 32.8 Å². The third-order valence-corrected chi connectivity index (χ3v) is 5.95. The van der Waals surface area contributed by atoms with Crippen LogP contribution in [0, 0.1) is 13.8 Å². The molecule has 3 nitrogen and oxygen atoms in total. The van der Waals surface area contributed by atoms with E-state index in [0.29, 0.717) is 0 Å². The SMILES string of the molecule is CC1=C(CC(=O)O)c2cc(C)c(C)cc2C1=C(c1ccccc1)S(C)=O. The van der Waals surface area contributed by atoms with Crippen molar-refractivity contribution in [3.63, 3.8) is 0 Å². The van der Waals surface area contributed by atoms with E-state index < -0.39 is 16.8 Å². The quantitative estimate of drug-likeness (QED) is 0.845. The number of carboxylic acid groups (broad SMARTS) is 1. The summed E-state index contributed by atoms with van der Waals surface area (Å²) in [7, 11) is -1.21. The summed E-state index contributed by atoms with van der Waals surface area (Å²) in [5.74, 6) is -0.858. The Kier molecular flexibility index (Phi) is 4.97. The fourth-order valence-corrected chi connectivity index (χ4v) is 4.56. The normalized spacial score (nSPS) is 16.5. The van der Waals surface area contributed by atoms with E-state index in [-0.39, 0.29) is 6.42 Å². The molecule has 4 heteroatoms. The number of fused-ring (bicyclic) bond motifs is 1. The number of benzene rings is 2. The first-order valence-corrected chi connectivity index (χ1v) is 10.0. The molecule has 1 N–H and O–H groups in total. The number of carboxylic acids is 1. The Bertz CT molecular complexity index is 982. The number of carbonyl (C=O) groups is 1. The van der Waals surface area contributed by atoms with Crippen LogP contribution < -0.4 is 0 Å². The summed E-state index contributed by atoms with van der Waals surface area (Å²) in [5, 5.41) is 9.38. The van der Waals surface area contributed by atoms with E-state index in [1.54, 1.807) is 6.26 Å². The number of aliphatic carboxylic acids is 1. The van der Waals surface area contributed by atoms with Crippen LogP contribution in [-0.4, -0.2) is 21.5 Å². The molecule has 0 aromatic heterocycles. The van der Waals surface area contributed by atoms with Gasteiger partial charge in [0.05, 0.1) is 22.1 Å². The van der Waals surface area contributed by atoms with Crippen molar-refractivity contribution < 1.29 is 14.1 Å². The zero-order valence-corrected chi connectivity index (χ0v) is 16.2. The first kappa shape index (κ1) is 18.3. The third kappa shape index (κ3) is 3.17. The highest BCUT2D eigenvalue weighted by Crippen LogP contribution is 2.47. The lowest BCUT2D eigenvalue weighted by molar-refractivity contribution is -0.135. The maximum absolute atomic E-state index is 12.7. The minimum absolute atomic E-state index is 0.0384. The molecular weight excluding hydrogens is 344 g/mol. The van der Waals surface area contributed by atoms with Gasteiger partial charge in [0.25, 0.3) is 0 Å². The Balaban J connectivity index is 2.40. The first-order valence-electron chi connectivity index (χ1n) is 8.48. The molecule has 0 fully saturated rings. The Morgan fingerprint density at radius 2 is 1.58 bits per heavy atom. The van der Waals surface area contributed by atoms with Gasteiger partial charge in [0, 0.05) is 11.8 Å². The number of hydrogen-bond donors (Lipinski definition) is 1. The van der Waals surface area contributed by atoms with Gasteiger partial charge >= 0.3 is 5.97 Å². The molecule has 2 aromatic carbocycles. The van der Waals surface area contributed by atoms with E-state index in [1.807, 2.05) is 51.1 Å². The lowest BCUT2D eigenvalue weighted by Gasteiger charge is -2.13. The predicted octanol–water partition coefficient (Wildman–Crippen LogP) is 4.81. The average molecular weight is 366 g/mol. The minimum atomic E-state index is -1.21. The lowest BCUT2D eigenvalue weighted by Crippen LogP contribution is -1.98. The molecule has 0 aliphatic heterocycles. The van der Waals surface area contributed by atoms with Gasteiger partial charge < -0.3 is 5.11 Å². The lowest BCUT2D eigenvalue weighted by atomic mass is 9.95. The van der Waals surface area contributed by atoms with E-state index >= 15 is 0 Å². The number of rotatable bonds is 4. The van der Waals surface area contributed by atoms with Crippen molar-refractivity contribution in [2.75, 3.05) is 6.26 Å². The summed E-state index contributed by atoms with van der Waals surface area (Å²) in [6, 6.07) is 13.8. The van der Waals surface area contributed by atoms with Crippen LogP contribution in [0.25, 0.3) is 16.1 Å². The monoisotopic (exact) mass is 366 g/mol. The van der Waals surface area contributed by atoms with Gasteiger partial charge in [-0.05, 0) is 59.7 Å². The Morgan fingerprint density at radius 3 is 2.12 bits per heavy atom. The van der Waals surface area contributed by atoms with Gasteiger partial charge in [-0.3, -0.25) is 9.00 Å². The van der Waals surface area contributed by atoms with Crippen molar-refractivity contribution in [3.05, 3.63) is 75.9 Å². The van der Waals surface area contributed by atoms with Crippen LogP contribution in [0.4, 0.5) is 0 Å². The molecular formula is C22H22O3S. The second-order valence-electron chi connectivity index (χ2n) is 6.68. The largest absolute Gasteiger partial charge is 0.481 e. The van der Waals surface area contributed by atoms with Gasteiger partial charge in [-0.1, -0.05) is 42.5 Å². The summed E-state index contributed by atoms with van der Waals surface area (Å²) in [5.41, 5.74) is 7.72. The molecule has 0 heterocycles. The van der Waals surface area contributed by atoms with Crippen LogP contribution in [0.3, 0.4) is 0 Å². The molecule has 0 amide bonds. The summed E-state index contributed by atoms with van der Waals surface area (Å²) >= 11 is 0. The maximum atomic E-state index is 12.7. The summed E-state index contributed by atoms with van der Waals surface area (Å²) in [6.45, 7) is 6.01. The predicted molar refractivity (Wildman–Crippen MR) is 108 cm³/mol. The van der Waals surface area contributed by atoms with Crippen LogP contribution in [-0.2, 0) is 15.6 Å². The highest BCUT2D eigenvalue weighted by molar-refractivity contribution is 7.94. The van der Waals surface area contributed by atoms with Crippen LogP contribution in [0.5, 0.6) is 0 Å². The smallest absolute Gasteiger partial charge is 0.307 e. The molecule has 1 aliphatic rings. The fraction of sp³-hybridized carbons (Fsp3) is 0.227. The van der Waals surface area contributed by atoms with Crippen molar-refractivity contribution in [3.8, 4) is 0 Å². The standard InChI is InChI=1S/C22H22O3S/c1-13-10-18-17(12-20(23)24)15(3)21(19(18)11-14(13)2)22(26(4)25)16-8-6-5-7-9-16/h5-11H,12H2,1-4H3,(H,23,24). The molecule has 1 unspecified atom stereocenters. The van der Waals surface area contributed by atoms with E-state index in [9.17, 15) is 14.1 Å². The third-order valence-electron chi connectivity index (χ3n) is 4.93. The van der Waals surface area contributed by atoms with Crippen LogP contribution in [0.1, 0.15) is 41.2 Å². The van der Waals surface area contributed by atoms with Crippen LogP contribution in [0.2, 0.25) is 0 Å². The molecule has 26 heavy (non-hydrogen) atoms. The van der Waals surface area contributed by atoms with E-state index in [0.717, 1.165) is 49.4 Å². The van der Waals surface area contributed by atoms with E-state index in [2.05, 4.69) is 12.1 Å². The van der Waals surface area contributed by atoms with Crippen LogP contribution >= 0.6 is 0 Å². The van der Waals surface area contributed by atoms with Crippen molar-refractivity contribution in [1.82, 2.24) is 0 Å². The molecule has 134 valence electrons. The van der Waals surface area contributed by atoms with E-state index in [4.69, 9.17) is 0 Å². The van der Waals surface area contributed by atoms with Crippen LogP contribution in [0.15, 0.2) is 48.0 Å². The average Bonchev–Trinajstić information content (AvgIpc) is 2.82. The highest BCUT2D eigenvalue weighted by atomic mass is 32.2. The molecule has 0 saturated carbocycles. The molecule has 1 atom stereocenters. The first-order chi connectivity index (χ1) is 12.3. The van der Waals surface area contributed by atoms with Gasteiger partial charge in [0.1, 0.15) is 0 Å². The molecule has 1 aliphatic carbocycles. The minimum Gasteiger partial charge on any atom is -0.481 e. The van der Waals surface area contributed by atoms with Gasteiger partial charge in [-0.25, -0.2) is 0 Å². The molecule has 0 bridgehead atoms. The number of aryl methyl sites for hydroxylation is 2. The number of hydrogen-bond acceptors (Lipinski definition) is 2. The van der Waals surface area contributed by atoms with Crippen molar-refractivity contribution in [2.24, 2.45) is 0 Å². The highest BCUT2D eigenvalue weighted by Gasteiger charge is 2.29. The number of allylic oxidation sites excluding steroid dienone is 2. The molecule has 3 rings (SSSR count). The summed E-state index contributed by atoms with van der Waals surface area (Å²) in [6.07, 6.45) is 1.64. The second-order valence-corrected chi connectivity index (χ2v) is 8.00. The second kappa shape index (κ2) is 7.04. The van der Waals surface area contributed by atoms with Gasteiger partial charge in [-0.2, -0.15) is 0 Å².